The molecule has 1 aliphatic rings. The number of H-pyrrole nitrogens is 1. The van der Waals surface area contributed by atoms with Gasteiger partial charge in [-0.15, -0.1) is 0 Å². The van der Waals surface area contributed by atoms with Crippen molar-refractivity contribution in [1.82, 2.24) is 9.88 Å². The average Bonchev–Trinajstić information content (AvgIpc) is 2.95. The molecule has 2 heterocycles. The van der Waals surface area contributed by atoms with E-state index in [0.717, 1.165) is 0 Å². The normalized spacial score (nSPS) is 18.6. The van der Waals surface area contributed by atoms with Crippen LogP contribution in [0.4, 0.5) is 5.69 Å². The van der Waals surface area contributed by atoms with Crippen molar-refractivity contribution in [3.63, 3.8) is 0 Å². The second-order valence-electron chi connectivity index (χ2n) is 4.64. The molecule has 0 saturated carbocycles. The maximum absolute atomic E-state index is 12.2. The minimum Gasteiger partial charge on any atom is -0.469 e. The number of nitrogens with one attached hydrogen (secondary N) is 1. The van der Waals surface area contributed by atoms with Crippen LogP contribution in [-0.2, 0) is 9.53 Å². The first kappa shape index (κ1) is 14.0. The molecule has 8 nitrogen and oxygen atoms in total. The van der Waals surface area contributed by atoms with Crippen LogP contribution < -0.4 is 0 Å². The predicted molar refractivity (Wildman–Crippen MR) is 68.1 cm³/mol. The van der Waals surface area contributed by atoms with E-state index in [2.05, 4.69) is 9.72 Å². The number of carbonyl (C=O) groups is 2. The maximum atomic E-state index is 12.2. The molecule has 0 bridgehead atoms. The van der Waals surface area contributed by atoms with Crippen molar-refractivity contribution in [2.75, 3.05) is 20.2 Å². The van der Waals surface area contributed by atoms with Crippen LogP contribution in [0.25, 0.3) is 0 Å². The molecule has 0 aliphatic carbocycles. The summed E-state index contributed by atoms with van der Waals surface area (Å²) in [6.07, 6.45) is 2.56. The number of amides is 1. The molecule has 1 aliphatic heterocycles. The van der Waals surface area contributed by atoms with Gasteiger partial charge in [0.15, 0.2) is 0 Å². The molecule has 1 atom stereocenters. The van der Waals surface area contributed by atoms with Gasteiger partial charge >= 0.3 is 5.97 Å². The van der Waals surface area contributed by atoms with E-state index in [1.165, 1.54) is 24.3 Å². The van der Waals surface area contributed by atoms with Gasteiger partial charge in [-0.2, -0.15) is 0 Å². The van der Waals surface area contributed by atoms with E-state index in [0.29, 0.717) is 19.4 Å². The van der Waals surface area contributed by atoms with Crippen LogP contribution in [0.5, 0.6) is 0 Å². The number of nitrogens with zero attached hydrogens (tertiary/aromatic N) is 2. The second-order valence-corrected chi connectivity index (χ2v) is 4.64. The maximum Gasteiger partial charge on any atom is 0.310 e. The Balaban J connectivity index is 2.08. The number of hydrogen-bond donors (Lipinski definition) is 1. The van der Waals surface area contributed by atoms with Gasteiger partial charge in [0.25, 0.3) is 11.6 Å². The summed E-state index contributed by atoms with van der Waals surface area (Å²) in [7, 11) is 1.32. The van der Waals surface area contributed by atoms with Crippen LogP contribution >= 0.6 is 0 Å². The van der Waals surface area contributed by atoms with Gasteiger partial charge in [-0.25, -0.2) is 0 Å². The predicted octanol–water partition coefficient (Wildman–Crippen LogP) is 0.948. The van der Waals surface area contributed by atoms with E-state index in [4.69, 9.17) is 0 Å². The number of piperidine rings is 1. The molecular weight excluding hydrogens is 266 g/mol. The van der Waals surface area contributed by atoms with Crippen molar-refractivity contribution < 1.29 is 19.2 Å². The van der Waals surface area contributed by atoms with Gasteiger partial charge in [0, 0.05) is 19.2 Å². The van der Waals surface area contributed by atoms with E-state index < -0.39 is 4.92 Å². The Hall–Kier alpha value is -2.38. The van der Waals surface area contributed by atoms with E-state index in [-0.39, 0.29) is 35.7 Å². The van der Waals surface area contributed by atoms with Gasteiger partial charge in [-0.3, -0.25) is 19.7 Å². The van der Waals surface area contributed by atoms with Crippen molar-refractivity contribution in [3.05, 3.63) is 28.1 Å². The van der Waals surface area contributed by atoms with Gasteiger partial charge in [0.1, 0.15) is 5.69 Å². The van der Waals surface area contributed by atoms with Gasteiger partial charge in [0.05, 0.1) is 24.1 Å². The second kappa shape index (κ2) is 5.72. The average molecular weight is 281 g/mol. The first-order valence-corrected chi connectivity index (χ1v) is 6.23. The van der Waals surface area contributed by atoms with Crippen LogP contribution in [0.3, 0.4) is 0 Å². The zero-order valence-corrected chi connectivity index (χ0v) is 11.0. The molecule has 1 amide bonds. The number of nitro groups is 1. The van der Waals surface area contributed by atoms with Crippen molar-refractivity contribution in [3.8, 4) is 0 Å². The van der Waals surface area contributed by atoms with E-state index in [9.17, 15) is 19.7 Å². The Bertz CT molecular complexity index is 539. The molecule has 1 unspecified atom stereocenters. The number of aromatic amines is 1. The SMILES string of the molecule is COC(=O)C1CCCN(C(=O)c2cc([N+](=O)[O-])c[nH]2)C1. The molecular formula is C12H15N3O5. The molecule has 2 rings (SSSR count). The van der Waals surface area contributed by atoms with Crippen molar-refractivity contribution in [2.45, 2.75) is 12.8 Å². The molecule has 1 saturated heterocycles. The largest absolute Gasteiger partial charge is 0.469 e. The summed E-state index contributed by atoms with van der Waals surface area (Å²) in [5.74, 6) is -1.01. The quantitative estimate of drug-likeness (QED) is 0.504. The van der Waals surface area contributed by atoms with Crippen molar-refractivity contribution in [1.29, 1.82) is 0 Å². The highest BCUT2D eigenvalue weighted by molar-refractivity contribution is 5.93. The third kappa shape index (κ3) is 2.79. The third-order valence-electron chi connectivity index (χ3n) is 3.35. The molecule has 108 valence electrons. The van der Waals surface area contributed by atoms with Crippen molar-refractivity contribution >= 4 is 17.6 Å². The first-order valence-electron chi connectivity index (χ1n) is 6.23. The molecule has 0 aromatic carbocycles. The molecule has 20 heavy (non-hydrogen) atoms. The zero-order chi connectivity index (χ0) is 14.7. The number of methoxy groups -OCH3 is 1. The van der Waals surface area contributed by atoms with Gasteiger partial charge in [0.2, 0.25) is 0 Å². The van der Waals surface area contributed by atoms with Gasteiger partial charge in [-0.1, -0.05) is 0 Å². The Morgan fingerprint density at radius 1 is 1.55 bits per heavy atom. The van der Waals surface area contributed by atoms with Crippen LogP contribution in [0, 0.1) is 16.0 Å². The Labute approximate surface area is 114 Å². The number of likely N-dealkylation sites (tertiary alicyclic amines) is 1. The molecule has 0 spiro atoms. The first-order chi connectivity index (χ1) is 9.52. The number of rotatable bonds is 3. The third-order valence-corrected chi connectivity index (χ3v) is 3.35. The highest BCUT2D eigenvalue weighted by Gasteiger charge is 2.30. The summed E-state index contributed by atoms with van der Waals surface area (Å²) >= 11 is 0. The summed E-state index contributed by atoms with van der Waals surface area (Å²) in [6.45, 7) is 0.803. The zero-order valence-electron chi connectivity index (χ0n) is 11.0. The minimum atomic E-state index is -0.569. The topological polar surface area (TPSA) is 106 Å². The lowest BCUT2D eigenvalue weighted by Gasteiger charge is -2.30. The Morgan fingerprint density at radius 3 is 2.90 bits per heavy atom. The monoisotopic (exact) mass is 281 g/mol. The van der Waals surface area contributed by atoms with E-state index in [1.807, 2.05) is 0 Å². The fourth-order valence-corrected chi connectivity index (χ4v) is 2.30. The lowest BCUT2D eigenvalue weighted by Crippen LogP contribution is -2.42. The summed E-state index contributed by atoms with van der Waals surface area (Å²) < 4.78 is 4.69. The lowest BCUT2D eigenvalue weighted by atomic mass is 9.98. The molecule has 1 aromatic heterocycles. The molecule has 1 aromatic rings. The fourth-order valence-electron chi connectivity index (χ4n) is 2.30. The molecule has 1 N–H and O–H groups in total. The van der Waals surface area contributed by atoms with Gasteiger partial charge in [-0.05, 0) is 12.8 Å². The van der Waals surface area contributed by atoms with E-state index in [1.54, 1.807) is 0 Å². The highest BCUT2D eigenvalue weighted by atomic mass is 16.6. The number of aromatic nitrogens is 1. The lowest BCUT2D eigenvalue weighted by molar-refractivity contribution is -0.384. The summed E-state index contributed by atoms with van der Waals surface area (Å²) in [5, 5.41) is 10.6. The van der Waals surface area contributed by atoms with Crippen LogP contribution in [-0.4, -0.2) is 46.9 Å². The number of esters is 1. The van der Waals surface area contributed by atoms with Crippen molar-refractivity contribution in [2.24, 2.45) is 5.92 Å². The summed E-state index contributed by atoms with van der Waals surface area (Å²) in [4.78, 5) is 37.9. The number of carbonyl (C=O) groups excluding carboxylic acids is 2. The fraction of sp³-hybridized carbons (Fsp3) is 0.500. The standard InChI is InChI=1S/C12H15N3O5/c1-20-12(17)8-3-2-4-14(7-8)11(16)10-5-9(6-13-10)15(18)19/h5-6,8,13H,2-4,7H2,1H3. The molecule has 8 heteroatoms. The summed E-state index contributed by atoms with van der Waals surface area (Å²) in [5.41, 5.74) is -0.00269. The molecule has 0 radical (unpaired) electrons. The molecule has 1 fully saturated rings. The van der Waals surface area contributed by atoms with Crippen LogP contribution in [0.1, 0.15) is 23.3 Å². The number of hydrogen-bond acceptors (Lipinski definition) is 5. The Morgan fingerprint density at radius 2 is 2.30 bits per heavy atom. The van der Waals surface area contributed by atoms with Crippen LogP contribution in [0.2, 0.25) is 0 Å². The van der Waals surface area contributed by atoms with Crippen LogP contribution in [0.15, 0.2) is 12.3 Å². The van der Waals surface area contributed by atoms with Gasteiger partial charge < -0.3 is 14.6 Å². The Kier molecular flexibility index (Phi) is 4.02. The van der Waals surface area contributed by atoms with E-state index >= 15 is 0 Å². The highest BCUT2D eigenvalue weighted by Crippen LogP contribution is 2.21. The number of ether oxygens (including phenoxy) is 1. The smallest absolute Gasteiger partial charge is 0.310 e. The minimum absolute atomic E-state index is 0.155. The summed E-state index contributed by atoms with van der Waals surface area (Å²) in [6, 6.07) is 1.20.